The van der Waals surface area contributed by atoms with E-state index in [1.807, 2.05) is 6.07 Å². The van der Waals surface area contributed by atoms with E-state index in [4.69, 9.17) is 10.7 Å². The third-order valence-corrected chi connectivity index (χ3v) is 6.59. The van der Waals surface area contributed by atoms with Gasteiger partial charge in [-0.15, -0.1) is 0 Å². The Morgan fingerprint density at radius 3 is 2.58 bits per heavy atom. The number of benzene rings is 1. The number of fused-ring (bicyclic) bond motifs is 1. The van der Waals surface area contributed by atoms with E-state index in [-0.39, 0.29) is 6.04 Å². The zero-order chi connectivity index (χ0) is 17.4. The van der Waals surface area contributed by atoms with Crippen LogP contribution in [0.2, 0.25) is 0 Å². The molecule has 0 spiro atoms. The van der Waals surface area contributed by atoms with E-state index in [0.717, 1.165) is 51.6 Å². The molecule has 1 fully saturated rings. The summed E-state index contributed by atoms with van der Waals surface area (Å²) in [5.74, 6) is 0.835. The van der Waals surface area contributed by atoms with Crippen molar-refractivity contribution in [3.8, 4) is 6.07 Å². The van der Waals surface area contributed by atoms with Gasteiger partial charge in [0.15, 0.2) is 0 Å². The second-order valence-electron chi connectivity index (χ2n) is 6.68. The smallest absolute Gasteiger partial charge is 0.204 e. The molecule has 0 bridgehead atoms. The van der Waals surface area contributed by atoms with Crippen molar-refractivity contribution in [1.82, 2.24) is 9.55 Å². The minimum absolute atomic E-state index is 0.239. The van der Waals surface area contributed by atoms with E-state index < -0.39 is 0 Å². The van der Waals surface area contributed by atoms with Crippen LogP contribution in [0.25, 0.3) is 11.0 Å². The van der Waals surface area contributed by atoms with Gasteiger partial charge in [0.05, 0.1) is 15.6 Å². The molecule has 3 rings (SSSR count). The van der Waals surface area contributed by atoms with E-state index in [0.29, 0.717) is 17.6 Å². The van der Waals surface area contributed by atoms with Crippen LogP contribution in [0.5, 0.6) is 0 Å². The molecule has 128 valence electrons. The summed E-state index contributed by atoms with van der Waals surface area (Å²) in [6.45, 7) is 4.26. The number of aromatic nitrogens is 2. The molecule has 7 heteroatoms. The van der Waals surface area contributed by atoms with E-state index in [2.05, 4.69) is 61.7 Å². The van der Waals surface area contributed by atoms with Crippen molar-refractivity contribution in [3.05, 3.63) is 20.6 Å². The van der Waals surface area contributed by atoms with Crippen molar-refractivity contribution in [2.24, 2.45) is 5.73 Å². The molecular weight excluding hydrogens is 434 g/mol. The van der Waals surface area contributed by atoms with Crippen molar-refractivity contribution in [1.29, 1.82) is 5.26 Å². The summed E-state index contributed by atoms with van der Waals surface area (Å²) in [5, 5.41) is 13.1. The Kier molecular flexibility index (Phi) is 5.19. The number of nitrogens with two attached hydrogens (primary N) is 1. The first-order valence-electron chi connectivity index (χ1n) is 8.24. The Morgan fingerprint density at radius 1 is 1.33 bits per heavy atom. The summed E-state index contributed by atoms with van der Waals surface area (Å²) >= 11 is 7.02. The highest BCUT2D eigenvalue weighted by atomic mass is 79.9. The number of rotatable bonds is 3. The maximum Gasteiger partial charge on any atom is 0.204 e. The first-order chi connectivity index (χ1) is 11.4. The van der Waals surface area contributed by atoms with Gasteiger partial charge in [-0.3, -0.25) is 0 Å². The predicted octanol–water partition coefficient (Wildman–Crippen LogP) is 4.70. The Hall–Kier alpha value is -1.10. The third kappa shape index (κ3) is 3.19. The quantitative estimate of drug-likeness (QED) is 0.704. The highest BCUT2D eigenvalue weighted by Gasteiger charge is 2.23. The first kappa shape index (κ1) is 17.7. The minimum Gasteiger partial charge on any atom is -0.353 e. The Morgan fingerprint density at radius 2 is 2.00 bits per heavy atom. The summed E-state index contributed by atoms with van der Waals surface area (Å²) < 4.78 is 3.78. The van der Waals surface area contributed by atoms with Crippen LogP contribution in [0, 0.1) is 11.3 Å². The van der Waals surface area contributed by atoms with E-state index in [1.165, 1.54) is 0 Å². The zero-order valence-electron chi connectivity index (χ0n) is 13.8. The molecule has 0 aliphatic heterocycles. The van der Waals surface area contributed by atoms with Gasteiger partial charge < -0.3 is 15.6 Å². The van der Waals surface area contributed by atoms with Crippen LogP contribution < -0.4 is 11.1 Å². The molecular formula is C17H21Br2N5. The number of halogens is 2. The molecule has 24 heavy (non-hydrogen) atoms. The second-order valence-corrected chi connectivity index (χ2v) is 8.33. The van der Waals surface area contributed by atoms with Crippen molar-refractivity contribution < 1.29 is 0 Å². The largest absolute Gasteiger partial charge is 0.353 e. The van der Waals surface area contributed by atoms with Crippen molar-refractivity contribution in [2.75, 3.05) is 5.32 Å². The molecule has 0 unspecified atom stereocenters. The molecule has 1 aromatic heterocycles. The minimum atomic E-state index is 0.239. The maximum atomic E-state index is 9.55. The SMILES string of the molecule is CC(C)n1c(N[C@H]2CC[C@H](N)CC2)nc2c(C#N)c(Br)c(Br)cc21. The Labute approximate surface area is 158 Å². The van der Waals surface area contributed by atoms with E-state index in [1.54, 1.807) is 0 Å². The normalized spacial score (nSPS) is 21.2. The first-order valence-corrected chi connectivity index (χ1v) is 9.83. The molecule has 3 N–H and O–H groups in total. The van der Waals surface area contributed by atoms with Gasteiger partial charge in [-0.25, -0.2) is 4.98 Å². The number of nitrogens with zero attached hydrogens (tertiary/aromatic N) is 3. The number of hydrogen-bond acceptors (Lipinski definition) is 4. The molecule has 1 aromatic carbocycles. The average Bonchev–Trinajstić information content (AvgIpc) is 2.88. The molecule has 0 radical (unpaired) electrons. The standard InChI is InChI=1S/C17H21Br2N5/c1-9(2)24-14-7-13(18)15(19)12(8-20)16(14)23-17(24)22-11-5-3-10(21)4-6-11/h7,9-11H,3-6,21H2,1-2H3,(H,22,23)/t10-,11-. The number of nitrogens with one attached hydrogen (secondary N) is 1. The predicted molar refractivity (Wildman–Crippen MR) is 104 cm³/mol. The molecule has 0 amide bonds. The van der Waals surface area contributed by atoms with Crippen LogP contribution in [0.3, 0.4) is 0 Å². The molecule has 1 aliphatic rings. The lowest BCUT2D eigenvalue weighted by Gasteiger charge is -2.27. The van der Waals surface area contributed by atoms with Crippen LogP contribution in [-0.2, 0) is 0 Å². The van der Waals surface area contributed by atoms with Gasteiger partial charge in [-0.2, -0.15) is 5.26 Å². The number of nitriles is 1. The Bertz CT molecular complexity index is 798. The van der Waals surface area contributed by atoms with Gasteiger partial charge in [-0.05, 0) is 77.5 Å². The third-order valence-electron chi connectivity index (χ3n) is 4.61. The molecule has 0 atom stereocenters. The van der Waals surface area contributed by atoms with Crippen LogP contribution in [0.15, 0.2) is 15.0 Å². The van der Waals surface area contributed by atoms with Gasteiger partial charge in [0.2, 0.25) is 5.95 Å². The van der Waals surface area contributed by atoms with Crippen LogP contribution in [-0.4, -0.2) is 21.6 Å². The fourth-order valence-electron chi connectivity index (χ4n) is 3.35. The maximum absolute atomic E-state index is 9.55. The van der Waals surface area contributed by atoms with Crippen molar-refractivity contribution >= 4 is 48.8 Å². The Balaban J connectivity index is 2.07. The number of anilines is 1. The lowest BCUT2D eigenvalue weighted by atomic mass is 9.92. The molecule has 0 saturated heterocycles. The average molecular weight is 455 g/mol. The van der Waals surface area contributed by atoms with Gasteiger partial charge in [0.1, 0.15) is 11.6 Å². The van der Waals surface area contributed by atoms with Crippen LogP contribution >= 0.6 is 31.9 Å². The van der Waals surface area contributed by atoms with Crippen LogP contribution in [0.1, 0.15) is 51.1 Å². The summed E-state index contributed by atoms with van der Waals surface area (Å²) in [6, 6.07) is 5.24. The van der Waals surface area contributed by atoms with E-state index in [9.17, 15) is 5.26 Å². The van der Waals surface area contributed by atoms with Gasteiger partial charge in [-0.1, -0.05) is 0 Å². The zero-order valence-corrected chi connectivity index (χ0v) is 17.0. The van der Waals surface area contributed by atoms with Crippen molar-refractivity contribution in [2.45, 2.75) is 57.7 Å². The van der Waals surface area contributed by atoms with Crippen molar-refractivity contribution in [3.63, 3.8) is 0 Å². The molecule has 1 heterocycles. The van der Waals surface area contributed by atoms with Crippen LogP contribution in [0.4, 0.5) is 5.95 Å². The highest BCUT2D eigenvalue weighted by molar-refractivity contribution is 9.13. The molecule has 2 aromatic rings. The summed E-state index contributed by atoms with van der Waals surface area (Å²) in [5.41, 5.74) is 8.27. The highest BCUT2D eigenvalue weighted by Crippen LogP contribution is 2.36. The monoisotopic (exact) mass is 453 g/mol. The molecule has 5 nitrogen and oxygen atoms in total. The van der Waals surface area contributed by atoms with E-state index >= 15 is 0 Å². The summed E-state index contributed by atoms with van der Waals surface area (Å²) in [6.07, 6.45) is 4.20. The van der Waals surface area contributed by atoms with Gasteiger partial charge in [0.25, 0.3) is 0 Å². The second kappa shape index (κ2) is 7.03. The number of hydrogen-bond donors (Lipinski definition) is 2. The molecule has 1 saturated carbocycles. The fraction of sp³-hybridized carbons (Fsp3) is 0.529. The summed E-state index contributed by atoms with van der Waals surface area (Å²) in [4.78, 5) is 4.77. The van der Waals surface area contributed by atoms with Gasteiger partial charge >= 0.3 is 0 Å². The fourth-order valence-corrected chi connectivity index (χ4v) is 4.15. The van der Waals surface area contributed by atoms with Gasteiger partial charge in [0, 0.05) is 22.6 Å². The number of imidazole rings is 1. The molecule has 1 aliphatic carbocycles. The topological polar surface area (TPSA) is 79.7 Å². The summed E-state index contributed by atoms with van der Waals surface area (Å²) in [7, 11) is 0. The lowest BCUT2D eigenvalue weighted by Crippen LogP contribution is -2.33. The lowest BCUT2D eigenvalue weighted by molar-refractivity contribution is 0.408.